The van der Waals surface area contributed by atoms with Crippen LogP contribution in [0.5, 0.6) is 5.88 Å². The average Bonchev–Trinajstić information content (AvgIpc) is 3.15. The van der Waals surface area contributed by atoms with Gasteiger partial charge in [0.05, 0.1) is 12.0 Å². The highest BCUT2D eigenvalue weighted by atomic mass is 35.5. The topological polar surface area (TPSA) is 90.4 Å². The van der Waals surface area contributed by atoms with Gasteiger partial charge >= 0.3 is 5.97 Å². The molecule has 1 N–H and O–H groups in total. The predicted octanol–water partition coefficient (Wildman–Crippen LogP) is 3.85. The maximum Gasteiger partial charge on any atom is 0.305 e. The van der Waals surface area contributed by atoms with Crippen molar-refractivity contribution < 1.29 is 19.1 Å². The van der Waals surface area contributed by atoms with Crippen molar-refractivity contribution in [1.29, 1.82) is 0 Å². The number of rotatable bonds is 9. The number of hydrogen-bond donors (Lipinski definition) is 1. The van der Waals surface area contributed by atoms with Gasteiger partial charge in [0.2, 0.25) is 5.88 Å². The predicted molar refractivity (Wildman–Crippen MR) is 112 cm³/mol. The van der Waals surface area contributed by atoms with Crippen LogP contribution >= 0.6 is 22.9 Å². The number of halogens is 1. The van der Waals surface area contributed by atoms with Crippen molar-refractivity contribution >= 4 is 45.0 Å². The molecule has 0 saturated carbocycles. The molecule has 9 heteroatoms. The van der Waals surface area contributed by atoms with Crippen LogP contribution in [0.25, 0.3) is 21.3 Å². The highest BCUT2D eigenvalue weighted by Gasteiger charge is 2.15. The number of carbonyl (C=O) groups is 2. The van der Waals surface area contributed by atoms with Crippen molar-refractivity contribution in [3.8, 4) is 17.0 Å². The lowest BCUT2D eigenvalue weighted by atomic mass is 10.1. The van der Waals surface area contributed by atoms with Crippen molar-refractivity contribution in [2.45, 2.75) is 19.8 Å². The summed E-state index contributed by atoms with van der Waals surface area (Å²) >= 11 is 7.45. The van der Waals surface area contributed by atoms with Crippen LogP contribution in [0.2, 0.25) is 5.02 Å². The Balaban J connectivity index is 1.62. The van der Waals surface area contributed by atoms with Gasteiger partial charge < -0.3 is 14.8 Å². The second-order valence-corrected chi connectivity index (χ2v) is 7.36. The van der Waals surface area contributed by atoms with Crippen molar-refractivity contribution in [2.75, 3.05) is 19.8 Å². The molecule has 0 atom stereocenters. The van der Waals surface area contributed by atoms with Gasteiger partial charge in [0.1, 0.15) is 11.2 Å². The minimum atomic E-state index is -0.288. The third-order valence-corrected chi connectivity index (χ3v) is 5.15. The molecule has 29 heavy (non-hydrogen) atoms. The molecular weight excluding hydrogens is 414 g/mol. The van der Waals surface area contributed by atoms with Gasteiger partial charge in [0.25, 0.3) is 5.91 Å². The Morgan fingerprint density at radius 2 is 2.00 bits per heavy atom. The molecule has 0 fully saturated rings. The molecular formula is C20H20ClN3O4S. The zero-order valence-electron chi connectivity index (χ0n) is 15.8. The zero-order valence-corrected chi connectivity index (χ0v) is 17.4. The summed E-state index contributed by atoms with van der Waals surface area (Å²) in [6, 6.07) is 7.45. The number of ether oxygens (including phenoxy) is 2. The van der Waals surface area contributed by atoms with Crippen LogP contribution in [0.3, 0.4) is 0 Å². The Bertz CT molecular complexity index is 991. The Morgan fingerprint density at radius 3 is 2.76 bits per heavy atom. The fourth-order valence-electron chi connectivity index (χ4n) is 2.68. The van der Waals surface area contributed by atoms with Crippen molar-refractivity contribution in [3.63, 3.8) is 0 Å². The molecule has 0 spiro atoms. The van der Waals surface area contributed by atoms with Gasteiger partial charge in [-0.15, -0.1) is 11.3 Å². The van der Waals surface area contributed by atoms with Gasteiger partial charge in [-0.25, -0.2) is 9.97 Å². The first-order chi connectivity index (χ1) is 14.1. The molecule has 2 heterocycles. The van der Waals surface area contributed by atoms with Gasteiger partial charge in [-0.3, -0.25) is 9.59 Å². The largest absolute Gasteiger partial charge is 0.467 e. The van der Waals surface area contributed by atoms with E-state index in [2.05, 4.69) is 15.3 Å². The molecule has 0 bridgehead atoms. The van der Waals surface area contributed by atoms with Crippen LogP contribution in [0.15, 0.2) is 36.0 Å². The number of hydrogen-bond acceptors (Lipinski definition) is 7. The van der Waals surface area contributed by atoms with Crippen molar-refractivity contribution in [3.05, 3.63) is 41.0 Å². The van der Waals surface area contributed by atoms with Gasteiger partial charge in [0, 0.05) is 28.9 Å². The number of aromatic nitrogens is 2. The summed E-state index contributed by atoms with van der Waals surface area (Å²) in [6.07, 6.45) is 2.19. The number of esters is 1. The lowest BCUT2D eigenvalue weighted by Gasteiger charge is -2.09. The summed E-state index contributed by atoms with van der Waals surface area (Å²) in [5.74, 6) is -0.208. The highest BCUT2D eigenvalue weighted by Crippen LogP contribution is 2.37. The highest BCUT2D eigenvalue weighted by molar-refractivity contribution is 7.17. The van der Waals surface area contributed by atoms with Crippen LogP contribution in [-0.4, -0.2) is 41.6 Å². The van der Waals surface area contributed by atoms with E-state index in [9.17, 15) is 9.59 Å². The van der Waals surface area contributed by atoms with Crippen molar-refractivity contribution in [2.24, 2.45) is 0 Å². The smallest absolute Gasteiger partial charge is 0.305 e. The second kappa shape index (κ2) is 10.2. The molecule has 2 aromatic heterocycles. The van der Waals surface area contributed by atoms with Gasteiger partial charge in [0.15, 0.2) is 6.61 Å². The third kappa shape index (κ3) is 5.65. The minimum absolute atomic E-state index is 0.179. The SMILES string of the molecule is CCOC(=O)CCCNC(=O)COc1ncnc2scc(-c3ccc(Cl)cc3)c12. The number of nitrogens with zero attached hydrogens (tertiary/aromatic N) is 2. The molecule has 0 aliphatic rings. The Labute approximate surface area is 177 Å². The molecule has 0 radical (unpaired) electrons. The first kappa shape index (κ1) is 21.0. The summed E-state index contributed by atoms with van der Waals surface area (Å²) in [5, 5.41) is 6.11. The van der Waals surface area contributed by atoms with Gasteiger partial charge in [-0.1, -0.05) is 23.7 Å². The summed E-state index contributed by atoms with van der Waals surface area (Å²) < 4.78 is 10.5. The number of nitrogens with one attached hydrogen (secondary N) is 1. The Hall–Kier alpha value is -2.71. The third-order valence-electron chi connectivity index (χ3n) is 4.02. The van der Waals surface area contributed by atoms with Crippen LogP contribution in [0, 0.1) is 0 Å². The fraction of sp³-hybridized carbons (Fsp3) is 0.300. The van der Waals surface area contributed by atoms with E-state index in [0.717, 1.165) is 21.3 Å². The number of carbonyl (C=O) groups excluding carboxylic acids is 2. The normalized spacial score (nSPS) is 10.7. The number of fused-ring (bicyclic) bond motifs is 1. The van der Waals surface area contributed by atoms with E-state index in [1.54, 1.807) is 6.92 Å². The molecule has 0 unspecified atom stereocenters. The van der Waals surface area contributed by atoms with E-state index < -0.39 is 0 Å². The Morgan fingerprint density at radius 1 is 1.21 bits per heavy atom. The minimum Gasteiger partial charge on any atom is -0.467 e. The summed E-state index contributed by atoms with van der Waals surface area (Å²) in [4.78, 5) is 32.6. The molecule has 7 nitrogen and oxygen atoms in total. The molecule has 3 aromatic rings. The van der Waals surface area contributed by atoms with E-state index >= 15 is 0 Å². The summed E-state index contributed by atoms with van der Waals surface area (Å²) in [5.41, 5.74) is 1.89. The van der Waals surface area contributed by atoms with Gasteiger partial charge in [-0.05, 0) is 31.0 Å². The second-order valence-electron chi connectivity index (χ2n) is 6.06. The lowest BCUT2D eigenvalue weighted by Crippen LogP contribution is -2.30. The maximum absolute atomic E-state index is 12.0. The van der Waals surface area contributed by atoms with Crippen molar-refractivity contribution in [1.82, 2.24) is 15.3 Å². The molecule has 1 amide bonds. The molecule has 0 aliphatic carbocycles. The van der Waals surface area contributed by atoms with E-state index in [1.807, 2.05) is 29.6 Å². The summed E-state index contributed by atoms with van der Waals surface area (Å²) in [6.45, 7) is 2.30. The van der Waals surface area contributed by atoms with Crippen LogP contribution in [-0.2, 0) is 14.3 Å². The van der Waals surface area contributed by atoms with E-state index in [0.29, 0.717) is 30.5 Å². The van der Waals surface area contributed by atoms with Crippen LogP contribution in [0.4, 0.5) is 0 Å². The molecule has 1 aromatic carbocycles. The average molecular weight is 434 g/mol. The van der Waals surface area contributed by atoms with E-state index in [1.165, 1.54) is 17.7 Å². The molecule has 3 rings (SSSR count). The monoisotopic (exact) mass is 433 g/mol. The van der Waals surface area contributed by atoms with E-state index in [4.69, 9.17) is 21.1 Å². The molecule has 0 aliphatic heterocycles. The quantitative estimate of drug-likeness (QED) is 0.407. The van der Waals surface area contributed by atoms with Crippen LogP contribution in [0.1, 0.15) is 19.8 Å². The first-order valence-corrected chi connectivity index (χ1v) is 10.4. The Kier molecular flexibility index (Phi) is 7.37. The fourth-order valence-corrected chi connectivity index (χ4v) is 3.71. The maximum atomic E-state index is 12.0. The number of benzene rings is 1. The molecule has 0 saturated heterocycles. The standard InChI is InChI=1S/C20H20ClN3O4S/c1-2-27-17(26)4-3-9-22-16(25)10-28-19-18-15(11-29-20(18)24-12-23-19)13-5-7-14(21)8-6-13/h5-8,11-12H,2-4,9-10H2,1H3,(H,22,25). The number of amides is 1. The zero-order chi connectivity index (χ0) is 20.6. The first-order valence-electron chi connectivity index (χ1n) is 9.11. The van der Waals surface area contributed by atoms with Gasteiger partial charge in [-0.2, -0.15) is 0 Å². The summed E-state index contributed by atoms with van der Waals surface area (Å²) in [7, 11) is 0. The number of thiophene rings is 1. The van der Waals surface area contributed by atoms with Crippen LogP contribution < -0.4 is 10.1 Å². The van der Waals surface area contributed by atoms with E-state index in [-0.39, 0.29) is 24.9 Å². The lowest BCUT2D eigenvalue weighted by molar-refractivity contribution is -0.143. The molecule has 152 valence electrons.